The minimum atomic E-state index is -0.0475. The van der Waals surface area contributed by atoms with Gasteiger partial charge in [-0.2, -0.15) is 0 Å². The zero-order valence-corrected chi connectivity index (χ0v) is 10.8. The highest BCUT2D eigenvalue weighted by Crippen LogP contribution is 2.23. The molecule has 0 saturated heterocycles. The monoisotopic (exact) mass is 292 g/mol. The van der Waals surface area contributed by atoms with Gasteiger partial charge in [0.05, 0.1) is 0 Å². The molecule has 0 bridgehead atoms. The van der Waals surface area contributed by atoms with E-state index in [0.717, 1.165) is 15.7 Å². The lowest BCUT2D eigenvalue weighted by atomic mass is 10.2. The molecule has 0 unspecified atom stereocenters. The maximum Gasteiger partial charge on any atom is 0.225 e. The largest absolute Gasteiger partial charge is 0.330 e. The van der Waals surface area contributed by atoms with Crippen LogP contribution < -0.4 is 11.1 Å². The molecule has 84 valence electrons. The Kier molecular flexibility index (Phi) is 6.56. The maximum atomic E-state index is 11.3. The van der Waals surface area contributed by atoms with Crippen molar-refractivity contribution in [1.29, 1.82) is 0 Å². The van der Waals surface area contributed by atoms with Gasteiger partial charge >= 0.3 is 0 Å². The van der Waals surface area contributed by atoms with Crippen molar-refractivity contribution in [3.63, 3.8) is 0 Å². The van der Waals surface area contributed by atoms with Crippen LogP contribution in [-0.4, -0.2) is 12.5 Å². The Morgan fingerprint density at radius 1 is 1.53 bits per heavy atom. The second kappa shape index (κ2) is 6.82. The maximum absolute atomic E-state index is 11.3. The number of hydrogen-bond donors (Lipinski definition) is 2. The molecule has 0 saturated carbocycles. The van der Waals surface area contributed by atoms with Crippen LogP contribution in [0, 0.1) is 6.92 Å². The Morgan fingerprint density at radius 2 is 2.20 bits per heavy atom. The minimum Gasteiger partial charge on any atom is -0.330 e. The van der Waals surface area contributed by atoms with E-state index in [0.29, 0.717) is 13.0 Å². The molecular formula is C10H14BrClN2O. The molecule has 0 aromatic heterocycles. The lowest BCUT2D eigenvalue weighted by molar-refractivity contribution is -0.116. The molecule has 0 atom stereocenters. The number of halogens is 2. The predicted molar refractivity (Wildman–Crippen MR) is 68.4 cm³/mol. The fourth-order valence-corrected chi connectivity index (χ4v) is 1.45. The minimum absolute atomic E-state index is 0. The molecule has 3 nitrogen and oxygen atoms in total. The van der Waals surface area contributed by atoms with E-state index in [1.807, 2.05) is 25.1 Å². The molecule has 1 aromatic rings. The molecule has 0 fully saturated rings. The second-order valence-electron chi connectivity index (χ2n) is 3.00. The summed E-state index contributed by atoms with van der Waals surface area (Å²) in [5.74, 6) is -0.0475. The first-order valence-corrected chi connectivity index (χ1v) is 5.19. The van der Waals surface area contributed by atoms with E-state index in [1.54, 1.807) is 0 Å². The summed E-state index contributed by atoms with van der Waals surface area (Å²) < 4.78 is 0.989. The van der Waals surface area contributed by atoms with E-state index in [9.17, 15) is 4.79 Å². The van der Waals surface area contributed by atoms with Crippen LogP contribution in [0.3, 0.4) is 0 Å². The first-order valence-electron chi connectivity index (χ1n) is 4.40. The average molecular weight is 294 g/mol. The summed E-state index contributed by atoms with van der Waals surface area (Å²) in [5.41, 5.74) is 7.14. The van der Waals surface area contributed by atoms with Gasteiger partial charge in [0.2, 0.25) is 5.91 Å². The molecule has 3 N–H and O–H groups in total. The topological polar surface area (TPSA) is 55.1 Å². The number of nitrogens with two attached hydrogens (primary N) is 1. The first kappa shape index (κ1) is 14.4. The Labute approximate surface area is 104 Å². The third-order valence-electron chi connectivity index (χ3n) is 1.91. The Bertz CT molecular complexity index is 344. The van der Waals surface area contributed by atoms with Crippen LogP contribution in [0.15, 0.2) is 22.7 Å². The molecule has 0 aliphatic rings. The number of rotatable bonds is 3. The van der Waals surface area contributed by atoms with Gasteiger partial charge in [0, 0.05) is 23.1 Å². The molecule has 1 rings (SSSR count). The number of carbonyl (C=O) groups excluding carboxylic acids is 1. The zero-order valence-electron chi connectivity index (χ0n) is 8.42. The highest BCUT2D eigenvalue weighted by atomic mass is 79.9. The van der Waals surface area contributed by atoms with Crippen LogP contribution in [0.5, 0.6) is 0 Å². The highest BCUT2D eigenvalue weighted by molar-refractivity contribution is 9.10. The van der Waals surface area contributed by atoms with Gasteiger partial charge in [-0.25, -0.2) is 0 Å². The normalized spacial score (nSPS) is 9.27. The fraction of sp³-hybridized carbons (Fsp3) is 0.300. The van der Waals surface area contributed by atoms with Crippen molar-refractivity contribution in [2.45, 2.75) is 13.3 Å². The van der Waals surface area contributed by atoms with Gasteiger partial charge in [0.1, 0.15) is 0 Å². The van der Waals surface area contributed by atoms with E-state index >= 15 is 0 Å². The van der Waals surface area contributed by atoms with Crippen molar-refractivity contribution >= 4 is 39.9 Å². The summed E-state index contributed by atoms with van der Waals surface area (Å²) in [6.45, 7) is 2.32. The highest BCUT2D eigenvalue weighted by Gasteiger charge is 2.04. The Morgan fingerprint density at radius 3 is 2.80 bits per heavy atom. The summed E-state index contributed by atoms with van der Waals surface area (Å²) in [6, 6.07) is 5.69. The van der Waals surface area contributed by atoms with Gasteiger partial charge in [-0.3, -0.25) is 4.79 Å². The lowest BCUT2D eigenvalue weighted by Gasteiger charge is -2.08. The van der Waals surface area contributed by atoms with Crippen molar-refractivity contribution in [2.24, 2.45) is 5.73 Å². The van der Waals surface area contributed by atoms with Crippen LogP contribution in [0.1, 0.15) is 12.0 Å². The van der Waals surface area contributed by atoms with Gasteiger partial charge < -0.3 is 11.1 Å². The number of benzene rings is 1. The second-order valence-corrected chi connectivity index (χ2v) is 3.85. The predicted octanol–water partition coefficient (Wildman–Crippen LogP) is 2.47. The van der Waals surface area contributed by atoms with E-state index in [2.05, 4.69) is 21.2 Å². The molecule has 0 spiro atoms. The van der Waals surface area contributed by atoms with Crippen LogP contribution in [0.2, 0.25) is 0 Å². The van der Waals surface area contributed by atoms with Crippen LogP contribution in [-0.2, 0) is 4.79 Å². The third kappa shape index (κ3) is 4.20. The molecule has 5 heteroatoms. The van der Waals surface area contributed by atoms with Gasteiger partial charge in [0.15, 0.2) is 0 Å². The zero-order chi connectivity index (χ0) is 10.6. The van der Waals surface area contributed by atoms with Gasteiger partial charge in [-0.1, -0.05) is 22.0 Å². The first-order chi connectivity index (χ1) is 6.65. The summed E-state index contributed by atoms with van der Waals surface area (Å²) >= 11 is 3.40. The van der Waals surface area contributed by atoms with E-state index < -0.39 is 0 Å². The van der Waals surface area contributed by atoms with Crippen LogP contribution in [0.4, 0.5) is 5.69 Å². The average Bonchev–Trinajstić information content (AvgIpc) is 2.13. The third-order valence-corrected chi connectivity index (χ3v) is 2.77. The Hall–Kier alpha value is -0.580. The SMILES string of the molecule is Cc1c(Br)cccc1NC(=O)CCN.Cl. The summed E-state index contributed by atoms with van der Waals surface area (Å²) in [6.07, 6.45) is 0.353. The van der Waals surface area contributed by atoms with E-state index in [1.165, 1.54) is 0 Å². The lowest BCUT2D eigenvalue weighted by Crippen LogP contribution is -2.16. The number of anilines is 1. The molecule has 15 heavy (non-hydrogen) atoms. The quantitative estimate of drug-likeness (QED) is 0.899. The number of hydrogen-bond acceptors (Lipinski definition) is 2. The van der Waals surface area contributed by atoms with Crippen molar-refractivity contribution in [3.8, 4) is 0 Å². The van der Waals surface area contributed by atoms with Gasteiger partial charge in [0.25, 0.3) is 0 Å². The molecule has 1 aromatic carbocycles. The van der Waals surface area contributed by atoms with Crippen molar-refractivity contribution < 1.29 is 4.79 Å². The van der Waals surface area contributed by atoms with Crippen molar-refractivity contribution in [2.75, 3.05) is 11.9 Å². The number of carbonyl (C=O) groups is 1. The van der Waals surface area contributed by atoms with E-state index in [-0.39, 0.29) is 18.3 Å². The summed E-state index contributed by atoms with van der Waals surface area (Å²) in [5, 5.41) is 2.80. The summed E-state index contributed by atoms with van der Waals surface area (Å²) in [7, 11) is 0. The van der Waals surface area contributed by atoms with E-state index in [4.69, 9.17) is 5.73 Å². The number of nitrogens with one attached hydrogen (secondary N) is 1. The van der Waals surface area contributed by atoms with Crippen molar-refractivity contribution in [3.05, 3.63) is 28.2 Å². The van der Waals surface area contributed by atoms with Gasteiger partial charge in [-0.15, -0.1) is 12.4 Å². The molecule has 0 aliphatic heterocycles. The molecule has 0 heterocycles. The smallest absolute Gasteiger partial charge is 0.225 e. The molecular weight excluding hydrogens is 279 g/mol. The number of amides is 1. The molecule has 1 amide bonds. The van der Waals surface area contributed by atoms with Crippen LogP contribution in [0.25, 0.3) is 0 Å². The van der Waals surface area contributed by atoms with Crippen LogP contribution >= 0.6 is 28.3 Å². The van der Waals surface area contributed by atoms with Crippen molar-refractivity contribution in [1.82, 2.24) is 0 Å². The Balaban J connectivity index is 0.00000196. The summed E-state index contributed by atoms with van der Waals surface area (Å²) in [4.78, 5) is 11.3. The standard InChI is InChI=1S/C10H13BrN2O.ClH/c1-7-8(11)3-2-4-9(7)13-10(14)5-6-12;/h2-4H,5-6,12H2,1H3,(H,13,14);1H. The fourth-order valence-electron chi connectivity index (χ4n) is 1.09. The van der Waals surface area contributed by atoms with Gasteiger partial charge in [-0.05, 0) is 24.6 Å². The molecule has 0 aliphatic carbocycles. The molecule has 0 radical (unpaired) electrons.